The number of hydrogen-bond donors (Lipinski definition) is 1. The lowest BCUT2D eigenvalue weighted by molar-refractivity contribution is 0.405. The molecule has 1 aromatic rings. The summed E-state index contributed by atoms with van der Waals surface area (Å²) in [6.45, 7) is 0. The van der Waals surface area contributed by atoms with Crippen molar-refractivity contribution >= 4 is 0 Å². The molecule has 1 aliphatic carbocycles. The molecule has 4 heteroatoms. The molecule has 0 radical (unpaired) electrons. The molecule has 64 valence electrons. The molecule has 1 aliphatic rings. The zero-order valence-electron chi connectivity index (χ0n) is 6.83. The number of H-pyrrole nitrogens is 1. The summed E-state index contributed by atoms with van der Waals surface area (Å²) in [6, 6.07) is 0. The Morgan fingerprint density at radius 1 is 1.67 bits per heavy atom. The van der Waals surface area contributed by atoms with Crippen molar-refractivity contribution in [3.05, 3.63) is 22.4 Å². The number of nitrogens with one attached hydrogen (secondary N) is 1. The molecule has 1 N–H and O–H groups in total. The molecule has 0 aliphatic heterocycles. The van der Waals surface area contributed by atoms with Crippen LogP contribution in [0.2, 0.25) is 0 Å². The van der Waals surface area contributed by atoms with E-state index in [4.69, 9.17) is 4.74 Å². The molecule has 1 aromatic heterocycles. The van der Waals surface area contributed by atoms with Gasteiger partial charge in [-0.3, -0.25) is 4.79 Å². The summed E-state index contributed by atoms with van der Waals surface area (Å²) in [4.78, 5) is 18.0. The molecule has 1 heterocycles. The molecule has 0 atom stereocenters. The molecule has 0 unspecified atom stereocenters. The molecule has 0 saturated heterocycles. The van der Waals surface area contributed by atoms with Crippen LogP contribution in [-0.4, -0.2) is 17.1 Å². The maximum Gasteiger partial charge on any atom is 0.293 e. The number of nitrogens with zero attached hydrogens (tertiary/aromatic N) is 1. The lowest BCUT2D eigenvalue weighted by atomic mass is 10.4. The SMILES string of the molecule is COc1cnc(C2CC2)[nH]c1=O. The third-order valence-corrected chi connectivity index (χ3v) is 1.97. The normalized spacial score (nSPS) is 16.1. The highest BCUT2D eigenvalue weighted by Crippen LogP contribution is 2.37. The van der Waals surface area contributed by atoms with E-state index in [0.29, 0.717) is 5.92 Å². The Balaban J connectivity index is 2.37. The van der Waals surface area contributed by atoms with Crippen LogP contribution in [0.25, 0.3) is 0 Å². The van der Waals surface area contributed by atoms with Crippen LogP contribution < -0.4 is 10.3 Å². The van der Waals surface area contributed by atoms with Gasteiger partial charge in [0.1, 0.15) is 5.82 Å². The number of ether oxygens (including phenoxy) is 1. The number of aromatic amines is 1. The van der Waals surface area contributed by atoms with E-state index in [-0.39, 0.29) is 11.3 Å². The lowest BCUT2D eigenvalue weighted by Gasteiger charge is -1.99. The zero-order chi connectivity index (χ0) is 8.55. The number of rotatable bonds is 2. The number of aromatic nitrogens is 2. The quantitative estimate of drug-likeness (QED) is 0.702. The molecule has 0 spiro atoms. The summed E-state index contributed by atoms with van der Waals surface area (Å²) in [5.41, 5.74) is -0.186. The van der Waals surface area contributed by atoms with Gasteiger partial charge in [-0.2, -0.15) is 0 Å². The van der Waals surface area contributed by atoms with Crippen LogP contribution in [0.3, 0.4) is 0 Å². The fourth-order valence-electron chi connectivity index (χ4n) is 1.11. The highest BCUT2D eigenvalue weighted by Gasteiger charge is 2.26. The van der Waals surface area contributed by atoms with Crippen molar-refractivity contribution in [3.63, 3.8) is 0 Å². The van der Waals surface area contributed by atoms with Crippen molar-refractivity contribution in [2.45, 2.75) is 18.8 Å². The predicted molar refractivity (Wildman–Crippen MR) is 43.4 cm³/mol. The molecule has 0 bridgehead atoms. The van der Waals surface area contributed by atoms with Crippen molar-refractivity contribution in [3.8, 4) is 5.75 Å². The summed E-state index contributed by atoms with van der Waals surface area (Å²) >= 11 is 0. The van der Waals surface area contributed by atoms with Gasteiger partial charge in [0.2, 0.25) is 5.75 Å². The maximum atomic E-state index is 11.2. The van der Waals surface area contributed by atoms with E-state index in [1.807, 2.05) is 0 Å². The van der Waals surface area contributed by atoms with E-state index in [9.17, 15) is 4.79 Å². The second-order valence-electron chi connectivity index (χ2n) is 2.94. The van der Waals surface area contributed by atoms with E-state index in [1.165, 1.54) is 13.3 Å². The van der Waals surface area contributed by atoms with Crippen LogP contribution in [-0.2, 0) is 0 Å². The molecule has 12 heavy (non-hydrogen) atoms. The van der Waals surface area contributed by atoms with Gasteiger partial charge in [0.05, 0.1) is 13.3 Å². The first-order valence-corrected chi connectivity index (χ1v) is 3.94. The van der Waals surface area contributed by atoms with Gasteiger partial charge in [-0.1, -0.05) is 0 Å². The highest BCUT2D eigenvalue weighted by atomic mass is 16.5. The summed E-state index contributed by atoms with van der Waals surface area (Å²) in [5.74, 6) is 1.55. The van der Waals surface area contributed by atoms with E-state index in [2.05, 4.69) is 9.97 Å². The molecule has 1 fully saturated rings. The molecule has 0 aromatic carbocycles. The predicted octanol–water partition coefficient (Wildman–Crippen LogP) is 0.656. The maximum absolute atomic E-state index is 11.2. The Hall–Kier alpha value is -1.32. The zero-order valence-corrected chi connectivity index (χ0v) is 6.83. The standard InChI is InChI=1S/C8H10N2O2/c1-12-6-4-9-7(5-2-3-5)10-8(6)11/h4-5H,2-3H2,1H3,(H,9,10,11). The van der Waals surface area contributed by atoms with E-state index in [0.717, 1.165) is 18.7 Å². The van der Waals surface area contributed by atoms with Gasteiger partial charge in [-0.05, 0) is 12.8 Å². The summed E-state index contributed by atoms with van der Waals surface area (Å²) in [5, 5.41) is 0. The lowest BCUT2D eigenvalue weighted by Crippen LogP contribution is -2.12. The Labute approximate surface area is 69.6 Å². The summed E-state index contributed by atoms with van der Waals surface area (Å²) in [6.07, 6.45) is 3.75. The van der Waals surface area contributed by atoms with Gasteiger partial charge in [0, 0.05) is 5.92 Å². The minimum atomic E-state index is -0.186. The molecule has 4 nitrogen and oxygen atoms in total. The van der Waals surface area contributed by atoms with Crippen LogP contribution in [0.5, 0.6) is 5.75 Å². The smallest absolute Gasteiger partial charge is 0.293 e. The highest BCUT2D eigenvalue weighted by molar-refractivity contribution is 5.15. The summed E-state index contributed by atoms with van der Waals surface area (Å²) < 4.78 is 4.79. The van der Waals surface area contributed by atoms with Gasteiger partial charge in [-0.15, -0.1) is 0 Å². The van der Waals surface area contributed by atoms with Gasteiger partial charge in [-0.25, -0.2) is 4.98 Å². The minimum Gasteiger partial charge on any atom is -0.490 e. The van der Waals surface area contributed by atoms with Crippen LogP contribution in [0.15, 0.2) is 11.0 Å². The Kier molecular flexibility index (Phi) is 1.60. The van der Waals surface area contributed by atoms with Gasteiger partial charge < -0.3 is 9.72 Å². The number of methoxy groups -OCH3 is 1. The third-order valence-electron chi connectivity index (χ3n) is 1.97. The van der Waals surface area contributed by atoms with Crippen LogP contribution in [0.4, 0.5) is 0 Å². The molecule has 2 rings (SSSR count). The topological polar surface area (TPSA) is 55.0 Å². The average molecular weight is 166 g/mol. The molecular formula is C8H10N2O2. The monoisotopic (exact) mass is 166 g/mol. The first-order chi connectivity index (χ1) is 5.81. The first kappa shape index (κ1) is 7.34. The fraction of sp³-hybridized carbons (Fsp3) is 0.500. The Morgan fingerprint density at radius 2 is 2.42 bits per heavy atom. The van der Waals surface area contributed by atoms with E-state index >= 15 is 0 Å². The first-order valence-electron chi connectivity index (χ1n) is 3.94. The second kappa shape index (κ2) is 2.62. The van der Waals surface area contributed by atoms with Gasteiger partial charge in [0.25, 0.3) is 5.56 Å². The van der Waals surface area contributed by atoms with Gasteiger partial charge >= 0.3 is 0 Å². The van der Waals surface area contributed by atoms with Crippen LogP contribution >= 0.6 is 0 Å². The van der Waals surface area contributed by atoms with Crippen LogP contribution in [0, 0.1) is 0 Å². The Morgan fingerprint density at radius 3 is 2.92 bits per heavy atom. The fourth-order valence-corrected chi connectivity index (χ4v) is 1.11. The van der Waals surface area contributed by atoms with E-state index < -0.39 is 0 Å². The van der Waals surface area contributed by atoms with Crippen molar-refractivity contribution in [2.24, 2.45) is 0 Å². The van der Waals surface area contributed by atoms with Crippen LogP contribution in [0.1, 0.15) is 24.6 Å². The van der Waals surface area contributed by atoms with Crippen molar-refractivity contribution in [1.29, 1.82) is 0 Å². The third kappa shape index (κ3) is 1.20. The Bertz CT molecular complexity index is 341. The van der Waals surface area contributed by atoms with Crippen molar-refractivity contribution in [1.82, 2.24) is 9.97 Å². The molecular weight excluding hydrogens is 156 g/mol. The van der Waals surface area contributed by atoms with Crippen molar-refractivity contribution in [2.75, 3.05) is 7.11 Å². The van der Waals surface area contributed by atoms with Gasteiger partial charge in [0.15, 0.2) is 0 Å². The molecule has 0 amide bonds. The second-order valence-corrected chi connectivity index (χ2v) is 2.94. The molecule has 1 saturated carbocycles. The minimum absolute atomic E-state index is 0.186. The van der Waals surface area contributed by atoms with Crippen molar-refractivity contribution < 1.29 is 4.74 Å². The summed E-state index contributed by atoms with van der Waals surface area (Å²) in [7, 11) is 1.46. The van der Waals surface area contributed by atoms with E-state index in [1.54, 1.807) is 0 Å². The largest absolute Gasteiger partial charge is 0.490 e. The number of hydrogen-bond acceptors (Lipinski definition) is 3. The average Bonchev–Trinajstić information content (AvgIpc) is 2.86.